The minimum Gasteiger partial charge on any atom is -0.481 e. The van der Waals surface area contributed by atoms with Crippen LogP contribution in [0.1, 0.15) is 37.9 Å². The highest BCUT2D eigenvalue weighted by Gasteiger charge is 2.40. The number of aromatic nitrogens is 3. The molecule has 1 aliphatic carbocycles. The van der Waals surface area contributed by atoms with Crippen LogP contribution in [0.2, 0.25) is 0 Å². The SMILES string of the molecule is CCC1CC(C(=O)O)C(c2nc(N)n[nH]2)C1. The van der Waals surface area contributed by atoms with Gasteiger partial charge in [0.05, 0.1) is 5.92 Å². The summed E-state index contributed by atoms with van der Waals surface area (Å²) in [7, 11) is 0. The van der Waals surface area contributed by atoms with Crippen molar-refractivity contribution < 1.29 is 9.90 Å². The molecule has 3 unspecified atom stereocenters. The van der Waals surface area contributed by atoms with Gasteiger partial charge in [-0.15, -0.1) is 5.10 Å². The topological polar surface area (TPSA) is 105 Å². The van der Waals surface area contributed by atoms with Crippen LogP contribution in [-0.4, -0.2) is 26.3 Å². The van der Waals surface area contributed by atoms with Gasteiger partial charge in [0.2, 0.25) is 5.95 Å². The first-order valence-corrected chi connectivity index (χ1v) is 5.52. The summed E-state index contributed by atoms with van der Waals surface area (Å²) in [6.07, 6.45) is 2.57. The van der Waals surface area contributed by atoms with Crippen LogP contribution in [0.5, 0.6) is 0 Å². The number of hydrogen-bond donors (Lipinski definition) is 3. The van der Waals surface area contributed by atoms with Crippen molar-refractivity contribution in [1.29, 1.82) is 0 Å². The average molecular weight is 224 g/mol. The standard InChI is InChI=1S/C10H16N4O2/c1-2-5-3-6(7(4-5)9(15)16)8-12-10(11)14-13-8/h5-7H,2-4H2,1H3,(H,15,16)(H3,11,12,13,14). The van der Waals surface area contributed by atoms with Crippen LogP contribution in [0.4, 0.5) is 5.95 Å². The van der Waals surface area contributed by atoms with Crippen molar-refractivity contribution >= 4 is 11.9 Å². The number of carboxylic acid groups (broad SMARTS) is 1. The largest absolute Gasteiger partial charge is 0.481 e. The minimum absolute atomic E-state index is 0.0766. The number of carboxylic acids is 1. The molecule has 16 heavy (non-hydrogen) atoms. The molecule has 1 fully saturated rings. The lowest BCUT2D eigenvalue weighted by atomic mass is 9.96. The molecule has 1 aromatic rings. The Morgan fingerprint density at radius 1 is 1.62 bits per heavy atom. The van der Waals surface area contributed by atoms with Crippen molar-refractivity contribution in [2.45, 2.75) is 32.1 Å². The number of rotatable bonds is 3. The van der Waals surface area contributed by atoms with Crippen LogP contribution < -0.4 is 5.73 Å². The van der Waals surface area contributed by atoms with Gasteiger partial charge in [-0.1, -0.05) is 13.3 Å². The first kappa shape index (κ1) is 10.9. The molecule has 0 aliphatic heterocycles. The summed E-state index contributed by atoms with van der Waals surface area (Å²) in [5.74, 6) is 0.0535. The molecule has 0 bridgehead atoms. The number of aliphatic carboxylic acids is 1. The molecule has 1 heterocycles. The summed E-state index contributed by atoms with van der Waals surface area (Å²) >= 11 is 0. The molecule has 1 saturated carbocycles. The lowest BCUT2D eigenvalue weighted by molar-refractivity contribution is -0.142. The van der Waals surface area contributed by atoms with Gasteiger partial charge in [0, 0.05) is 5.92 Å². The second-order valence-electron chi connectivity index (χ2n) is 4.38. The molecule has 0 amide bonds. The number of anilines is 1. The summed E-state index contributed by atoms with van der Waals surface area (Å²) in [6.45, 7) is 2.08. The lowest BCUT2D eigenvalue weighted by Crippen LogP contribution is -2.17. The third-order valence-electron chi connectivity index (χ3n) is 3.43. The molecule has 0 aromatic carbocycles. The fraction of sp³-hybridized carbons (Fsp3) is 0.700. The average Bonchev–Trinajstić information content (AvgIpc) is 2.82. The van der Waals surface area contributed by atoms with E-state index >= 15 is 0 Å². The summed E-state index contributed by atoms with van der Waals surface area (Å²) in [6, 6.07) is 0. The van der Waals surface area contributed by atoms with Gasteiger partial charge < -0.3 is 10.8 Å². The zero-order chi connectivity index (χ0) is 11.7. The van der Waals surface area contributed by atoms with Crippen molar-refractivity contribution in [3.8, 4) is 0 Å². The number of nitrogens with zero attached hydrogens (tertiary/aromatic N) is 2. The van der Waals surface area contributed by atoms with Crippen molar-refractivity contribution in [2.75, 3.05) is 5.73 Å². The van der Waals surface area contributed by atoms with Gasteiger partial charge in [0.1, 0.15) is 5.82 Å². The number of nitrogens with two attached hydrogens (primary N) is 1. The predicted octanol–water partition coefficient (Wildman–Crippen LogP) is 0.991. The molecule has 2 rings (SSSR count). The van der Waals surface area contributed by atoms with Gasteiger partial charge in [-0.25, -0.2) is 0 Å². The maximum Gasteiger partial charge on any atom is 0.307 e. The van der Waals surface area contributed by atoms with Gasteiger partial charge in [-0.05, 0) is 18.8 Å². The van der Waals surface area contributed by atoms with E-state index < -0.39 is 5.97 Å². The van der Waals surface area contributed by atoms with Gasteiger partial charge in [-0.3, -0.25) is 9.89 Å². The first-order chi connectivity index (χ1) is 7.61. The van der Waals surface area contributed by atoms with E-state index in [2.05, 4.69) is 22.1 Å². The van der Waals surface area contributed by atoms with E-state index in [-0.39, 0.29) is 17.8 Å². The zero-order valence-corrected chi connectivity index (χ0v) is 9.18. The number of hydrogen-bond acceptors (Lipinski definition) is 4. The van der Waals surface area contributed by atoms with Crippen LogP contribution in [0.15, 0.2) is 0 Å². The second kappa shape index (κ2) is 4.11. The van der Waals surface area contributed by atoms with Gasteiger partial charge in [-0.2, -0.15) is 4.98 Å². The third-order valence-corrected chi connectivity index (χ3v) is 3.43. The number of H-pyrrole nitrogens is 1. The van der Waals surface area contributed by atoms with Crippen molar-refractivity contribution in [3.05, 3.63) is 5.82 Å². The van der Waals surface area contributed by atoms with E-state index in [0.29, 0.717) is 11.7 Å². The summed E-state index contributed by atoms with van der Waals surface area (Å²) in [5.41, 5.74) is 5.43. The summed E-state index contributed by atoms with van der Waals surface area (Å²) < 4.78 is 0. The maximum atomic E-state index is 11.2. The predicted molar refractivity (Wildman–Crippen MR) is 57.7 cm³/mol. The van der Waals surface area contributed by atoms with Crippen LogP contribution >= 0.6 is 0 Å². The molecule has 6 nitrogen and oxygen atoms in total. The molecule has 6 heteroatoms. The summed E-state index contributed by atoms with van der Waals surface area (Å²) in [5, 5.41) is 15.7. The molecular weight excluding hydrogens is 208 g/mol. The number of nitrogen functional groups attached to an aromatic ring is 1. The highest BCUT2D eigenvalue weighted by Crippen LogP contribution is 2.43. The normalized spacial score (nSPS) is 29.4. The smallest absolute Gasteiger partial charge is 0.307 e. The molecule has 1 aromatic heterocycles. The lowest BCUT2D eigenvalue weighted by Gasteiger charge is -2.11. The van der Waals surface area contributed by atoms with Crippen molar-refractivity contribution in [3.63, 3.8) is 0 Å². The number of carbonyl (C=O) groups is 1. The molecular formula is C10H16N4O2. The Bertz CT molecular complexity index is 390. The van der Waals surface area contributed by atoms with Crippen molar-refractivity contribution in [2.24, 2.45) is 11.8 Å². The van der Waals surface area contributed by atoms with E-state index in [9.17, 15) is 9.90 Å². The first-order valence-electron chi connectivity index (χ1n) is 5.52. The highest BCUT2D eigenvalue weighted by molar-refractivity contribution is 5.71. The Kier molecular flexibility index (Phi) is 2.80. The van der Waals surface area contributed by atoms with Crippen LogP contribution in [0.25, 0.3) is 0 Å². The van der Waals surface area contributed by atoms with E-state index in [1.165, 1.54) is 0 Å². The van der Waals surface area contributed by atoms with Crippen LogP contribution in [-0.2, 0) is 4.79 Å². The highest BCUT2D eigenvalue weighted by atomic mass is 16.4. The van der Waals surface area contributed by atoms with Gasteiger partial charge in [0.25, 0.3) is 0 Å². The molecule has 0 radical (unpaired) electrons. The van der Waals surface area contributed by atoms with Crippen molar-refractivity contribution in [1.82, 2.24) is 15.2 Å². The summed E-state index contributed by atoms with van der Waals surface area (Å²) in [4.78, 5) is 15.2. The molecule has 88 valence electrons. The van der Waals surface area contributed by atoms with E-state index in [1.807, 2.05) is 0 Å². The van der Waals surface area contributed by atoms with Gasteiger partial charge in [0.15, 0.2) is 0 Å². The quantitative estimate of drug-likeness (QED) is 0.710. The van der Waals surface area contributed by atoms with E-state index in [1.54, 1.807) is 0 Å². The molecule has 4 N–H and O–H groups in total. The third kappa shape index (κ3) is 1.87. The maximum absolute atomic E-state index is 11.2. The molecule has 3 atom stereocenters. The Morgan fingerprint density at radius 3 is 2.88 bits per heavy atom. The van der Waals surface area contributed by atoms with Gasteiger partial charge >= 0.3 is 5.97 Å². The Labute approximate surface area is 93.3 Å². The molecule has 0 saturated heterocycles. The number of aromatic amines is 1. The second-order valence-corrected chi connectivity index (χ2v) is 4.38. The zero-order valence-electron chi connectivity index (χ0n) is 9.18. The number of nitrogens with one attached hydrogen (secondary N) is 1. The molecule has 1 aliphatic rings. The Morgan fingerprint density at radius 2 is 2.38 bits per heavy atom. The fourth-order valence-corrected chi connectivity index (χ4v) is 2.51. The Balaban J connectivity index is 2.21. The fourth-order valence-electron chi connectivity index (χ4n) is 2.51. The van der Waals surface area contributed by atoms with Crippen LogP contribution in [0, 0.1) is 11.8 Å². The minimum atomic E-state index is -0.754. The monoisotopic (exact) mass is 224 g/mol. The van der Waals surface area contributed by atoms with E-state index in [0.717, 1.165) is 19.3 Å². The van der Waals surface area contributed by atoms with Crippen LogP contribution in [0.3, 0.4) is 0 Å². The Hall–Kier alpha value is -1.59. The van der Waals surface area contributed by atoms with E-state index in [4.69, 9.17) is 5.73 Å². The molecule has 0 spiro atoms.